The molecule has 0 fully saturated rings. The van der Waals surface area contributed by atoms with Crippen molar-refractivity contribution in [2.75, 3.05) is 0 Å². The zero-order chi connectivity index (χ0) is 56.3. The van der Waals surface area contributed by atoms with Crippen LogP contribution in [0.15, 0.2) is 174 Å². The van der Waals surface area contributed by atoms with Gasteiger partial charge in [0.2, 0.25) is 0 Å². The van der Waals surface area contributed by atoms with Gasteiger partial charge in [0.1, 0.15) is 5.58 Å². The molecule has 12 rings (SSSR count). The van der Waals surface area contributed by atoms with E-state index in [2.05, 4.69) is 239 Å². The maximum Gasteiger partial charge on any atom is 0.121 e. The van der Waals surface area contributed by atoms with Gasteiger partial charge in [0.05, 0.1) is 22.4 Å². The molecule has 1 radical (unpaired) electrons. The van der Waals surface area contributed by atoms with Crippen molar-refractivity contribution in [3.05, 3.63) is 221 Å². The summed E-state index contributed by atoms with van der Waals surface area (Å²) in [7, 11) is 0. The van der Waals surface area contributed by atoms with Crippen LogP contribution in [0, 0.1) is 17.9 Å². The summed E-state index contributed by atoms with van der Waals surface area (Å²) in [6, 6.07) is 64.4. The first-order valence-corrected chi connectivity index (χ1v) is 28.6. The van der Waals surface area contributed by atoms with E-state index in [0.717, 1.165) is 55.6 Å². The molecule has 81 heavy (non-hydrogen) atoms. The Kier molecular flexibility index (Phi) is 16.0. The van der Waals surface area contributed by atoms with Gasteiger partial charge in [0.15, 0.2) is 0 Å². The number of imidazole rings is 1. The Labute approximate surface area is 491 Å². The van der Waals surface area contributed by atoms with E-state index >= 15 is 0 Å². The van der Waals surface area contributed by atoms with Crippen molar-refractivity contribution in [2.45, 2.75) is 125 Å². The molecule has 411 valence electrons. The van der Waals surface area contributed by atoms with E-state index in [9.17, 15) is 4.39 Å². The Morgan fingerprint density at radius 2 is 1.19 bits per heavy atom. The van der Waals surface area contributed by atoms with Crippen LogP contribution >= 0.6 is 0 Å². The van der Waals surface area contributed by atoms with E-state index in [-0.39, 0.29) is 43.2 Å². The summed E-state index contributed by atoms with van der Waals surface area (Å²) in [6.45, 7) is 29.7. The molecular weight excluding hydrogens is 1170 g/mol. The number of pyridine rings is 1. The molecule has 0 unspecified atom stereocenters. The van der Waals surface area contributed by atoms with Crippen LogP contribution in [-0.4, -0.2) is 14.5 Å². The predicted molar refractivity (Wildman–Crippen MR) is 336 cm³/mol. The monoisotopic (exact) mass is 1240 g/mol. The van der Waals surface area contributed by atoms with Gasteiger partial charge in [-0.25, -0.2) is 0 Å². The van der Waals surface area contributed by atoms with Gasteiger partial charge in [-0.1, -0.05) is 192 Å². The quantitative estimate of drug-likeness (QED) is 0.101. The predicted octanol–water partition coefficient (Wildman–Crippen LogP) is 21.6. The first kappa shape index (κ1) is 56.8. The van der Waals surface area contributed by atoms with E-state index in [1.807, 2.05) is 18.2 Å². The first-order chi connectivity index (χ1) is 38.3. The van der Waals surface area contributed by atoms with Gasteiger partial charge in [-0.05, 0) is 160 Å². The number of hydrogen-bond acceptors (Lipinski definition) is 3. The molecule has 0 aliphatic heterocycles. The first-order valence-electron chi connectivity index (χ1n) is 28.6. The van der Waals surface area contributed by atoms with Gasteiger partial charge in [0.25, 0.3) is 0 Å². The van der Waals surface area contributed by atoms with E-state index in [4.69, 9.17) is 9.40 Å². The van der Waals surface area contributed by atoms with Gasteiger partial charge < -0.3 is 14.0 Å². The van der Waals surface area contributed by atoms with Crippen LogP contribution in [0.25, 0.3) is 105 Å². The van der Waals surface area contributed by atoms with Crippen LogP contribution in [0.5, 0.6) is 0 Å². The normalized spacial score (nSPS) is 12.0. The Morgan fingerprint density at radius 1 is 0.543 bits per heavy atom. The number of benzene rings is 9. The van der Waals surface area contributed by atoms with Crippen LogP contribution in [0.4, 0.5) is 4.39 Å². The summed E-state index contributed by atoms with van der Waals surface area (Å²) in [5.41, 5.74) is 20.7. The molecule has 0 amide bonds. The fourth-order valence-electron chi connectivity index (χ4n) is 11.5. The second-order valence-corrected chi connectivity index (χ2v) is 24.3. The van der Waals surface area contributed by atoms with E-state index < -0.39 is 0 Å². The number of fused-ring (bicyclic) bond motifs is 7. The summed E-state index contributed by atoms with van der Waals surface area (Å²) >= 11 is 0. The van der Waals surface area contributed by atoms with Crippen molar-refractivity contribution in [3.63, 3.8) is 0 Å². The van der Waals surface area contributed by atoms with Crippen LogP contribution in [0.1, 0.15) is 153 Å². The number of halogens is 1. The Hall–Kier alpha value is -7.50. The minimum absolute atomic E-state index is 0. The van der Waals surface area contributed by atoms with Crippen molar-refractivity contribution in [1.82, 2.24) is 14.5 Å². The molecule has 0 spiro atoms. The average Bonchev–Trinajstić information content (AvgIpc) is 3.21. The van der Waals surface area contributed by atoms with E-state index in [1.54, 1.807) is 12.3 Å². The summed E-state index contributed by atoms with van der Waals surface area (Å²) in [5.74, 6) is 2.36. The number of nitrogens with zero attached hydrogens (tertiary/aromatic N) is 3. The smallest absolute Gasteiger partial charge is 0.121 e. The van der Waals surface area contributed by atoms with Crippen LogP contribution in [0.2, 0.25) is 0 Å². The van der Waals surface area contributed by atoms with Gasteiger partial charge in [0, 0.05) is 43.2 Å². The fourth-order valence-corrected chi connectivity index (χ4v) is 11.5. The maximum atomic E-state index is 12.8. The maximum absolute atomic E-state index is 12.8. The number of para-hydroxylation sites is 2. The second kappa shape index (κ2) is 22.8. The van der Waals surface area contributed by atoms with Gasteiger partial charge in [-0.15, -0.1) is 48.0 Å². The van der Waals surface area contributed by atoms with E-state index in [0.29, 0.717) is 17.8 Å². The SMILES string of the molecule is CC(C)(C)c1ccnc(-c2[c-]cc(F)cc2)c1.CC(C)c1cc(C(C)C)c(-c2ccc(-c3cc(C(C)C)c(-n4c(-c5[c-]ccc6c5oc5cc7c(ccc8ccccc87)cc56)nc5ccccc54)c(C(C)C)c3)cc2)c(C(C)C)c1.[Ir]. The van der Waals surface area contributed by atoms with Crippen molar-refractivity contribution in [1.29, 1.82) is 0 Å². The molecule has 0 atom stereocenters. The molecule has 0 N–H and O–H groups in total. The van der Waals surface area contributed by atoms with Crippen molar-refractivity contribution in [3.8, 4) is 50.6 Å². The zero-order valence-corrected chi connectivity index (χ0v) is 51.4. The molecule has 12 aromatic rings. The topological polar surface area (TPSA) is 43.9 Å². The van der Waals surface area contributed by atoms with Crippen LogP contribution in [0.3, 0.4) is 0 Å². The van der Waals surface area contributed by atoms with Crippen molar-refractivity contribution in [2.24, 2.45) is 0 Å². The Morgan fingerprint density at radius 3 is 1.83 bits per heavy atom. The summed E-state index contributed by atoms with van der Waals surface area (Å²) in [5, 5.41) is 7.00. The third-order valence-electron chi connectivity index (χ3n) is 16.0. The number of hydrogen-bond donors (Lipinski definition) is 0. The molecule has 4 nitrogen and oxygen atoms in total. The summed E-state index contributed by atoms with van der Waals surface area (Å²) in [4.78, 5) is 9.72. The second-order valence-electron chi connectivity index (χ2n) is 24.3. The Balaban J connectivity index is 0.000000350. The minimum atomic E-state index is -0.277. The molecule has 0 saturated heterocycles. The molecule has 0 aliphatic rings. The molecular formula is C75H72FIrN3O-2. The minimum Gasteiger partial charge on any atom is -0.501 e. The average molecular weight is 1240 g/mol. The molecule has 3 heterocycles. The van der Waals surface area contributed by atoms with Gasteiger partial charge >= 0.3 is 0 Å². The number of furan rings is 1. The summed E-state index contributed by atoms with van der Waals surface area (Å²) < 4.78 is 22.1. The van der Waals surface area contributed by atoms with Crippen molar-refractivity contribution < 1.29 is 28.9 Å². The van der Waals surface area contributed by atoms with Crippen LogP contribution < -0.4 is 0 Å². The zero-order valence-electron chi connectivity index (χ0n) is 49.0. The van der Waals surface area contributed by atoms with Crippen LogP contribution in [-0.2, 0) is 25.5 Å². The molecule has 3 aromatic heterocycles. The third kappa shape index (κ3) is 10.9. The third-order valence-corrected chi connectivity index (χ3v) is 16.0. The molecule has 0 saturated carbocycles. The summed E-state index contributed by atoms with van der Waals surface area (Å²) in [6.07, 6.45) is 1.78. The molecule has 9 aromatic carbocycles. The largest absolute Gasteiger partial charge is 0.501 e. The molecule has 0 bridgehead atoms. The van der Waals surface area contributed by atoms with Crippen molar-refractivity contribution >= 4 is 54.5 Å². The fraction of sp³-hybridized carbons (Fsp3) is 0.253. The number of aromatic nitrogens is 3. The molecule has 6 heteroatoms. The van der Waals surface area contributed by atoms with Gasteiger partial charge in [-0.3, -0.25) is 9.37 Å². The molecule has 0 aliphatic carbocycles. The van der Waals surface area contributed by atoms with E-state index in [1.165, 1.54) is 95.0 Å². The Bertz CT molecular complexity index is 4210. The van der Waals surface area contributed by atoms with Gasteiger partial charge in [-0.2, -0.15) is 0 Å². The number of rotatable bonds is 10. The standard InChI is InChI=1S/C60H57N2O.C15H15FN.Ir/c1-34(2)43-29-48(35(3)4)57(49(30-43)36(5)6)41-25-22-39(23-26-41)44-31-50(37(7)8)58(51(32-44)38(9)10)62-55-21-14-13-20-54(55)61-60(62)47-19-15-18-46-53-28-42-27-24-40-16-11-12-17-45(40)52(42)33-56(53)63-59(46)47;1-15(2,3)12-8-9-17-14(10-12)11-4-6-13(16)7-5-11;/h11-18,20-38H,1-10H3;4,6-10H,1-3H3;/q2*-1;.